The maximum Gasteiger partial charge on any atom is 0.341 e. The number of hydrogen-bond acceptors (Lipinski definition) is 5. The van der Waals surface area contributed by atoms with Crippen molar-refractivity contribution in [3.05, 3.63) is 82.7 Å². The molecule has 3 aromatic rings. The predicted octanol–water partition coefficient (Wildman–Crippen LogP) is 3.91. The molecule has 0 unspecified atom stereocenters. The fraction of sp³-hybridized carbons (Fsp3) is 0.333. The lowest BCUT2D eigenvalue weighted by molar-refractivity contribution is 0.0525. The van der Waals surface area contributed by atoms with E-state index in [0.29, 0.717) is 35.5 Å². The molecule has 0 bridgehead atoms. The highest BCUT2D eigenvalue weighted by molar-refractivity contribution is 5.95. The quantitative estimate of drug-likeness (QED) is 0.524. The van der Waals surface area contributed by atoms with E-state index in [9.17, 15) is 14.4 Å². The Labute approximate surface area is 204 Å². The summed E-state index contributed by atoms with van der Waals surface area (Å²) in [7, 11) is 0. The monoisotopic (exact) mass is 474 g/mol. The van der Waals surface area contributed by atoms with E-state index in [1.54, 1.807) is 42.8 Å². The summed E-state index contributed by atoms with van der Waals surface area (Å²) < 4.78 is 6.69. The lowest BCUT2D eigenvalue weighted by Gasteiger charge is -2.26. The first kappa shape index (κ1) is 24.2. The third kappa shape index (κ3) is 5.59. The number of piperidine rings is 1. The van der Waals surface area contributed by atoms with E-state index in [1.165, 1.54) is 12.6 Å². The molecule has 1 aliphatic rings. The molecule has 1 fully saturated rings. The number of amides is 2. The molecule has 2 amide bonds. The zero-order valence-corrected chi connectivity index (χ0v) is 20.1. The van der Waals surface area contributed by atoms with Gasteiger partial charge in [0.1, 0.15) is 5.56 Å². The molecular weight excluding hydrogens is 444 g/mol. The van der Waals surface area contributed by atoms with Crippen LogP contribution < -0.4 is 5.32 Å². The van der Waals surface area contributed by atoms with Crippen molar-refractivity contribution in [3.63, 3.8) is 0 Å². The molecule has 8 nitrogen and oxygen atoms in total. The first-order chi connectivity index (χ1) is 17.0. The fourth-order valence-electron chi connectivity index (χ4n) is 4.16. The van der Waals surface area contributed by atoms with Crippen molar-refractivity contribution in [2.24, 2.45) is 0 Å². The fourth-order valence-corrected chi connectivity index (χ4v) is 4.16. The third-order valence-electron chi connectivity index (χ3n) is 6.18. The van der Waals surface area contributed by atoms with Crippen LogP contribution in [-0.2, 0) is 11.3 Å². The van der Waals surface area contributed by atoms with Crippen molar-refractivity contribution in [2.75, 3.05) is 19.7 Å². The van der Waals surface area contributed by atoms with Gasteiger partial charge in [0, 0.05) is 30.8 Å². The van der Waals surface area contributed by atoms with Crippen LogP contribution in [-0.4, -0.2) is 52.2 Å². The second-order valence-electron chi connectivity index (χ2n) is 8.56. The van der Waals surface area contributed by atoms with Crippen LogP contribution in [0.5, 0.6) is 0 Å². The Hall–Kier alpha value is -3.94. The van der Waals surface area contributed by atoms with Crippen LogP contribution in [0.25, 0.3) is 5.69 Å². The number of nitrogens with zero attached hydrogens (tertiary/aromatic N) is 3. The Kier molecular flexibility index (Phi) is 7.60. The van der Waals surface area contributed by atoms with Gasteiger partial charge in [0.2, 0.25) is 0 Å². The molecule has 0 saturated carbocycles. The van der Waals surface area contributed by atoms with E-state index in [1.807, 2.05) is 29.2 Å². The molecule has 1 N–H and O–H groups in total. The van der Waals surface area contributed by atoms with Crippen molar-refractivity contribution < 1.29 is 19.1 Å². The molecule has 1 aliphatic heterocycles. The van der Waals surface area contributed by atoms with Crippen molar-refractivity contribution in [3.8, 4) is 5.69 Å². The smallest absolute Gasteiger partial charge is 0.341 e. The summed E-state index contributed by atoms with van der Waals surface area (Å²) in [5.41, 5.74) is 3.94. The van der Waals surface area contributed by atoms with E-state index in [-0.39, 0.29) is 11.8 Å². The maximum absolute atomic E-state index is 12.6. The predicted molar refractivity (Wildman–Crippen MR) is 132 cm³/mol. The molecule has 182 valence electrons. The van der Waals surface area contributed by atoms with E-state index < -0.39 is 5.97 Å². The van der Waals surface area contributed by atoms with Crippen LogP contribution in [0, 0.1) is 6.92 Å². The molecular formula is C27H30N4O4. The molecule has 1 saturated heterocycles. The van der Waals surface area contributed by atoms with Gasteiger partial charge in [-0.15, -0.1) is 0 Å². The van der Waals surface area contributed by atoms with Crippen LogP contribution in [0.15, 0.2) is 54.7 Å². The number of benzene rings is 2. The number of rotatable bonds is 7. The number of aromatic nitrogens is 2. The van der Waals surface area contributed by atoms with Crippen molar-refractivity contribution in [2.45, 2.75) is 39.7 Å². The summed E-state index contributed by atoms with van der Waals surface area (Å²) in [5, 5.41) is 7.19. The molecule has 0 aliphatic carbocycles. The molecule has 8 heteroatoms. The molecule has 2 aromatic carbocycles. The summed E-state index contributed by atoms with van der Waals surface area (Å²) in [5.74, 6) is -0.535. The maximum atomic E-state index is 12.6. The number of carbonyl (C=O) groups excluding carboxylic acids is 3. The van der Waals surface area contributed by atoms with Crippen LogP contribution in [0.1, 0.15) is 68.5 Å². The Morgan fingerprint density at radius 1 is 0.943 bits per heavy atom. The first-order valence-corrected chi connectivity index (χ1v) is 12.0. The van der Waals surface area contributed by atoms with E-state index in [0.717, 1.165) is 37.2 Å². The lowest BCUT2D eigenvalue weighted by Crippen LogP contribution is -2.35. The number of carbonyl (C=O) groups is 3. The minimum atomic E-state index is -0.406. The molecule has 0 atom stereocenters. The second kappa shape index (κ2) is 11.0. The molecule has 2 heterocycles. The highest BCUT2D eigenvalue weighted by atomic mass is 16.5. The first-order valence-electron chi connectivity index (χ1n) is 12.0. The average Bonchev–Trinajstić information content (AvgIpc) is 3.29. The molecule has 4 rings (SSSR count). The highest BCUT2D eigenvalue weighted by Gasteiger charge is 2.18. The third-order valence-corrected chi connectivity index (χ3v) is 6.18. The van der Waals surface area contributed by atoms with Crippen LogP contribution in [0.4, 0.5) is 0 Å². The summed E-state index contributed by atoms with van der Waals surface area (Å²) in [4.78, 5) is 39.2. The van der Waals surface area contributed by atoms with Crippen molar-refractivity contribution in [1.82, 2.24) is 20.0 Å². The molecule has 0 radical (unpaired) electrons. The van der Waals surface area contributed by atoms with Crippen molar-refractivity contribution >= 4 is 17.8 Å². The summed E-state index contributed by atoms with van der Waals surface area (Å²) >= 11 is 0. The normalized spacial score (nSPS) is 13.4. The van der Waals surface area contributed by atoms with Crippen LogP contribution in [0.2, 0.25) is 0 Å². The van der Waals surface area contributed by atoms with Gasteiger partial charge in [-0.05, 0) is 75.1 Å². The minimum Gasteiger partial charge on any atom is -0.462 e. The largest absolute Gasteiger partial charge is 0.462 e. The number of hydrogen-bond donors (Lipinski definition) is 1. The van der Waals surface area contributed by atoms with Gasteiger partial charge in [-0.3, -0.25) is 9.59 Å². The van der Waals surface area contributed by atoms with Gasteiger partial charge in [-0.1, -0.05) is 12.1 Å². The van der Waals surface area contributed by atoms with Crippen LogP contribution >= 0.6 is 0 Å². The van der Waals surface area contributed by atoms with Gasteiger partial charge in [-0.2, -0.15) is 5.10 Å². The Bertz CT molecular complexity index is 1190. The second-order valence-corrected chi connectivity index (χ2v) is 8.56. The number of ether oxygens (including phenoxy) is 1. The summed E-state index contributed by atoms with van der Waals surface area (Å²) in [6.07, 6.45) is 4.80. The Morgan fingerprint density at radius 2 is 1.60 bits per heavy atom. The average molecular weight is 475 g/mol. The van der Waals surface area contributed by atoms with Crippen molar-refractivity contribution in [1.29, 1.82) is 0 Å². The topological polar surface area (TPSA) is 93.5 Å². The van der Waals surface area contributed by atoms with Gasteiger partial charge in [0.15, 0.2) is 0 Å². The van der Waals surface area contributed by atoms with Gasteiger partial charge in [-0.25, -0.2) is 9.48 Å². The van der Waals surface area contributed by atoms with E-state index in [2.05, 4.69) is 10.4 Å². The lowest BCUT2D eigenvalue weighted by atomic mass is 10.1. The van der Waals surface area contributed by atoms with Gasteiger partial charge >= 0.3 is 5.97 Å². The zero-order valence-electron chi connectivity index (χ0n) is 20.1. The van der Waals surface area contributed by atoms with Crippen LogP contribution in [0.3, 0.4) is 0 Å². The highest BCUT2D eigenvalue weighted by Crippen LogP contribution is 2.17. The van der Waals surface area contributed by atoms with Gasteiger partial charge < -0.3 is 15.0 Å². The Morgan fingerprint density at radius 3 is 2.26 bits per heavy atom. The Balaban J connectivity index is 1.34. The van der Waals surface area contributed by atoms with Gasteiger partial charge in [0.05, 0.1) is 24.2 Å². The van der Waals surface area contributed by atoms with E-state index >= 15 is 0 Å². The molecule has 0 spiro atoms. The summed E-state index contributed by atoms with van der Waals surface area (Å²) in [6.45, 7) is 5.86. The SMILES string of the molecule is CCOC(=O)c1cnn(-c2ccc(C(=O)NCc3ccc(C(=O)N4CCCCC4)cc3)cc2)c1C. The standard InChI is InChI=1S/C27H30N4O4/c1-3-35-27(34)24-18-29-31(19(24)2)23-13-11-21(12-14-23)25(32)28-17-20-7-9-22(10-8-20)26(33)30-15-5-4-6-16-30/h7-14,18H,3-6,15-17H2,1-2H3,(H,28,32). The van der Waals surface area contributed by atoms with E-state index in [4.69, 9.17) is 4.74 Å². The zero-order chi connectivity index (χ0) is 24.8. The number of likely N-dealkylation sites (tertiary alicyclic amines) is 1. The molecule has 35 heavy (non-hydrogen) atoms. The minimum absolute atomic E-state index is 0.0715. The van der Waals surface area contributed by atoms with Gasteiger partial charge in [0.25, 0.3) is 11.8 Å². The number of nitrogens with one attached hydrogen (secondary N) is 1. The summed E-state index contributed by atoms with van der Waals surface area (Å²) in [6, 6.07) is 14.4. The molecule has 1 aromatic heterocycles. The number of esters is 1.